The van der Waals surface area contributed by atoms with Crippen molar-refractivity contribution in [2.75, 3.05) is 5.32 Å². The number of nitrogens with zero attached hydrogens (tertiary/aromatic N) is 1. The highest BCUT2D eigenvalue weighted by atomic mass is 79.9. The predicted octanol–water partition coefficient (Wildman–Crippen LogP) is 4.93. The molecule has 0 radical (unpaired) electrons. The Morgan fingerprint density at radius 3 is 2.70 bits per heavy atom. The minimum Gasteiger partial charge on any atom is -0.380 e. The standard InChI is InChI=1S/C14H12BrClN2O2/c1-9-6-11(15)13(7-14(9)18(19)20)17-8-10-4-2-3-5-12(10)16/h2-7,17H,8H2,1H3. The van der Waals surface area contributed by atoms with E-state index in [1.54, 1.807) is 13.0 Å². The fourth-order valence-electron chi connectivity index (χ4n) is 1.83. The van der Waals surface area contributed by atoms with Gasteiger partial charge in [0.1, 0.15) is 0 Å². The van der Waals surface area contributed by atoms with Crippen molar-refractivity contribution in [3.05, 3.63) is 67.1 Å². The molecule has 0 fully saturated rings. The Morgan fingerprint density at radius 1 is 1.35 bits per heavy atom. The second kappa shape index (κ2) is 6.24. The van der Waals surface area contributed by atoms with Gasteiger partial charge < -0.3 is 5.32 Å². The molecule has 0 amide bonds. The first kappa shape index (κ1) is 14.8. The van der Waals surface area contributed by atoms with Crippen LogP contribution in [-0.4, -0.2) is 4.92 Å². The van der Waals surface area contributed by atoms with Crippen LogP contribution in [0.4, 0.5) is 11.4 Å². The van der Waals surface area contributed by atoms with Crippen molar-refractivity contribution < 1.29 is 4.92 Å². The molecular weight excluding hydrogens is 344 g/mol. The van der Waals surface area contributed by atoms with Gasteiger partial charge in [0, 0.05) is 27.7 Å². The fraction of sp³-hybridized carbons (Fsp3) is 0.143. The molecule has 6 heteroatoms. The highest BCUT2D eigenvalue weighted by molar-refractivity contribution is 9.10. The third-order valence-corrected chi connectivity index (χ3v) is 3.93. The molecule has 0 aromatic heterocycles. The summed E-state index contributed by atoms with van der Waals surface area (Å²) < 4.78 is 0.785. The van der Waals surface area contributed by atoms with Crippen molar-refractivity contribution in [3.63, 3.8) is 0 Å². The second-order valence-corrected chi connectivity index (χ2v) is 5.58. The Morgan fingerprint density at radius 2 is 2.05 bits per heavy atom. The Hall–Kier alpha value is -1.59. The maximum Gasteiger partial charge on any atom is 0.274 e. The lowest BCUT2D eigenvalue weighted by atomic mass is 10.1. The number of hydrogen-bond donors (Lipinski definition) is 1. The summed E-state index contributed by atoms with van der Waals surface area (Å²) >= 11 is 9.48. The largest absolute Gasteiger partial charge is 0.380 e. The zero-order chi connectivity index (χ0) is 14.7. The van der Waals surface area contributed by atoms with Gasteiger partial charge in [-0.25, -0.2) is 0 Å². The van der Waals surface area contributed by atoms with Crippen LogP contribution in [-0.2, 0) is 6.54 Å². The van der Waals surface area contributed by atoms with Crippen molar-refractivity contribution in [2.24, 2.45) is 0 Å². The molecule has 0 atom stereocenters. The second-order valence-electron chi connectivity index (χ2n) is 4.32. The first-order valence-electron chi connectivity index (χ1n) is 5.91. The SMILES string of the molecule is Cc1cc(Br)c(NCc2ccccc2Cl)cc1[N+](=O)[O-]. The van der Waals surface area contributed by atoms with Crippen molar-refractivity contribution in [3.8, 4) is 0 Å². The van der Waals surface area contributed by atoms with Crippen LogP contribution in [0.15, 0.2) is 40.9 Å². The topological polar surface area (TPSA) is 55.2 Å². The smallest absolute Gasteiger partial charge is 0.274 e. The number of nitrogens with one attached hydrogen (secondary N) is 1. The van der Waals surface area contributed by atoms with Crippen LogP contribution < -0.4 is 5.32 Å². The molecule has 0 saturated heterocycles. The number of aryl methyl sites for hydroxylation is 1. The average Bonchev–Trinajstić information content (AvgIpc) is 2.39. The molecule has 0 aliphatic carbocycles. The third-order valence-electron chi connectivity index (χ3n) is 2.91. The van der Waals surface area contributed by atoms with Crippen molar-refractivity contribution in [1.29, 1.82) is 0 Å². The number of anilines is 1. The predicted molar refractivity (Wildman–Crippen MR) is 84.3 cm³/mol. The van der Waals surface area contributed by atoms with E-state index < -0.39 is 0 Å². The van der Waals surface area contributed by atoms with Crippen LogP contribution in [0.2, 0.25) is 5.02 Å². The number of nitro groups is 1. The van der Waals surface area contributed by atoms with Gasteiger partial charge in [0.2, 0.25) is 0 Å². The van der Waals surface area contributed by atoms with Crippen LogP contribution in [0, 0.1) is 17.0 Å². The molecule has 0 aliphatic rings. The van der Waals surface area contributed by atoms with E-state index in [2.05, 4.69) is 21.2 Å². The van der Waals surface area contributed by atoms with Gasteiger partial charge in [-0.3, -0.25) is 10.1 Å². The summed E-state index contributed by atoms with van der Waals surface area (Å²) in [6.45, 7) is 2.21. The highest BCUT2D eigenvalue weighted by Gasteiger charge is 2.14. The Kier molecular flexibility index (Phi) is 4.62. The van der Waals surface area contributed by atoms with E-state index in [1.165, 1.54) is 6.07 Å². The van der Waals surface area contributed by atoms with Gasteiger partial charge in [0.15, 0.2) is 0 Å². The van der Waals surface area contributed by atoms with Gasteiger partial charge >= 0.3 is 0 Å². The van der Waals surface area contributed by atoms with Crippen LogP contribution >= 0.6 is 27.5 Å². The summed E-state index contributed by atoms with van der Waals surface area (Å²) in [4.78, 5) is 10.6. The molecule has 0 bridgehead atoms. The summed E-state index contributed by atoms with van der Waals surface area (Å²) in [6, 6.07) is 10.7. The Balaban J connectivity index is 2.24. The van der Waals surface area contributed by atoms with E-state index in [0.29, 0.717) is 22.8 Å². The number of hydrogen-bond acceptors (Lipinski definition) is 3. The highest BCUT2D eigenvalue weighted by Crippen LogP contribution is 2.31. The van der Waals surface area contributed by atoms with Gasteiger partial charge in [-0.2, -0.15) is 0 Å². The van der Waals surface area contributed by atoms with E-state index in [0.717, 1.165) is 10.0 Å². The molecule has 104 valence electrons. The minimum absolute atomic E-state index is 0.0925. The molecule has 0 unspecified atom stereocenters. The molecule has 4 nitrogen and oxygen atoms in total. The first-order chi connectivity index (χ1) is 9.49. The van der Waals surface area contributed by atoms with Crippen molar-refractivity contribution in [2.45, 2.75) is 13.5 Å². The van der Waals surface area contributed by atoms with Gasteiger partial charge in [0.05, 0.1) is 10.6 Å². The number of nitro benzene ring substituents is 1. The van der Waals surface area contributed by atoms with E-state index in [-0.39, 0.29) is 10.6 Å². The summed E-state index contributed by atoms with van der Waals surface area (Å²) in [6.07, 6.45) is 0. The minimum atomic E-state index is -0.386. The molecule has 0 saturated carbocycles. The quantitative estimate of drug-likeness (QED) is 0.625. The third kappa shape index (κ3) is 3.29. The molecular formula is C14H12BrClN2O2. The molecule has 1 N–H and O–H groups in total. The zero-order valence-corrected chi connectivity index (χ0v) is 13.0. The molecule has 0 heterocycles. The lowest BCUT2D eigenvalue weighted by Crippen LogP contribution is -2.02. The molecule has 2 rings (SSSR count). The van der Waals surface area contributed by atoms with E-state index >= 15 is 0 Å². The first-order valence-corrected chi connectivity index (χ1v) is 7.08. The van der Waals surface area contributed by atoms with E-state index in [4.69, 9.17) is 11.6 Å². The maximum atomic E-state index is 11.0. The fourth-order valence-corrected chi connectivity index (χ4v) is 2.63. The van der Waals surface area contributed by atoms with Crippen molar-refractivity contribution >= 4 is 38.9 Å². The molecule has 2 aromatic carbocycles. The van der Waals surface area contributed by atoms with E-state index in [9.17, 15) is 10.1 Å². The number of benzene rings is 2. The van der Waals surface area contributed by atoms with Crippen LogP contribution in [0.1, 0.15) is 11.1 Å². The van der Waals surface area contributed by atoms with Crippen LogP contribution in [0.3, 0.4) is 0 Å². The zero-order valence-electron chi connectivity index (χ0n) is 10.7. The monoisotopic (exact) mass is 354 g/mol. The lowest BCUT2D eigenvalue weighted by Gasteiger charge is -2.10. The molecule has 0 spiro atoms. The average molecular weight is 356 g/mol. The van der Waals surface area contributed by atoms with Gasteiger partial charge in [0.25, 0.3) is 5.69 Å². The molecule has 2 aromatic rings. The van der Waals surface area contributed by atoms with Gasteiger partial charge in [-0.15, -0.1) is 0 Å². The summed E-state index contributed by atoms with van der Waals surface area (Å²) in [5, 5.41) is 14.8. The molecule has 0 aliphatic heterocycles. The summed E-state index contributed by atoms with van der Waals surface area (Å²) in [5.41, 5.74) is 2.31. The van der Waals surface area contributed by atoms with Crippen LogP contribution in [0.25, 0.3) is 0 Å². The number of halogens is 2. The summed E-state index contributed by atoms with van der Waals surface area (Å²) in [7, 11) is 0. The van der Waals surface area contributed by atoms with E-state index in [1.807, 2.05) is 24.3 Å². The molecule has 20 heavy (non-hydrogen) atoms. The van der Waals surface area contributed by atoms with Crippen LogP contribution in [0.5, 0.6) is 0 Å². The van der Waals surface area contributed by atoms with Gasteiger partial charge in [-0.05, 0) is 40.5 Å². The normalized spacial score (nSPS) is 10.3. The Bertz CT molecular complexity index is 662. The summed E-state index contributed by atoms with van der Waals surface area (Å²) in [5.74, 6) is 0. The van der Waals surface area contributed by atoms with Crippen molar-refractivity contribution in [1.82, 2.24) is 0 Å². The lowest BCUT2D eigenvalue weighted by molar-refractivity contribution is -0.385. The number of rotatable bonds is 4. The Labute approximate surface area is 130 Å². The maximum absolute atomic E-state index is 11.0. The van der Waals surface area contributed by atoms with Gasteiger partial charge in [-0.1, -0.05) is 29.8 Å².